The molecule has 0 amide bonds. The summed E-state index contributed by atoms with van der Waals surface area (Å²) in [5, 5.41) is 1.07. The first-order valence-corrected chi connectivity index (χ1v) is 6.77. The number of hydrogen-bond acceptors (Lipinski definition) is 2. The van der Waals surface area contributed by atoms with Gasteiger partial charge in [0, 0.05) is 5.69 Å². The highest BCUT2D eigenvalue weighted by Gasteiger charge is 2.14. The van der Waals surface area contributed by atoms with Gasteiger partial charge in [0.25, 0.3) is 0 Å². The van der Waals surface area contributed by atoms with Gasteiger partial charge >= 0.3 is 0 Å². The van der Waals surface area contributed by atoms with Crippen LogP contribution in [0, 0.1) is 11.7 Å². The van der Waals surface area contributed by atoms with Gasteiger partial charge in [-0.05, 0) is 43.4 Å². The summed E-state index contributed by atoms with van der Waals surface area (Å²) >= 11 is 17.8. The van der Waals surface area contributed by atoms with Gasteiger partial charge in [-0.25, -0.2) is 4.98 Å². The van der Waals surface area contributed by atoms with Gasteiger partial charge in [0.05, 0.1) is 21.2 Å². The first-order chi connectivity index (χ1) is 9.08. The Morgan fingerprint density at radius 2 is 1.84 bits per heavy atom. The van der Waals surface area contributed by atoms with E-state index < -0.39 is 0 Å². The maximum Gasteiger partial charge on any atom is 0.184 e. The van der Waals surface area contributed by atoms with E-state index in [2.05, 4.69) is 9.97 Å². The summed E-state index contributed by atoms with van der Waals surface area (Å²) in [4.78, 5) is 7.61. The van der Waals surface area contributed by atoms with Crippen LogP contribution in [0.3, 0.4) is 0 Å². The van der Waals surface area contributed by atoms with Crippen LogP contribution in [0.25, 0.3) is 16.9 Å². The molecule has 2 aromatic heterocycles. The minimum atomic E-state index is 0.517. The van der Waals surface area contributed by atoms with Gasteiger partial charge in [-0.3, -0.25) is 4.57 Å². The maximum absolute atomic E-state index is 6.24. The molecule has 0 spiro atoms. The fraction of sp³-hybridized carbons (Fsp3) is 0.0769. The van der Waals surface area contributed by atoms with E-state index in [-0.39, 0.29) is 0 Å². The molecule has 0 saturated heterocycles. The molecule has 0 unspecified atom stereocenters. The number of fused-ring (bicyclic) bond motifs is 1. The van der Waals surface area contributed by atoms with Gasteiger partial charge in [-0.1, -0.05) is 29.3 Å². The number of benzene rings is 1. The Morgan fingerprint density at radius 1 is 1.16 bits per heavy atom. The SMILES string of the molecule is Cc1ccc2[nH]c(=S)n(-c3c(Cl)cccc3Cl)c2n1. The van der Waals surface area contributed by atoms with Crippen LogP contribution in [-0.4, -0.2) is 14.5 Å². The number of halogens is 2. The summed E-state index contributed by atoms with van der Waals surface area (Å²) in [6, 6.07) is 9.21. The largest absolute Gasteiger partial charge is 0.329 e. The number of aromatic nitrogens is 3. The van der Waals surface area contributed by atoms with E-state index in [1.165, 1.54) is 0 Å². The highest BCUT2D eigenvalue weighted by atomic mass is 35.5. The van der Waals surface area contributed by atoms with Crippen molar-refractivity contribution < 1.29 is 0 Å². The summed E-state index contributed by atoms with van der Waals surface area (Å²) in [7, 11) is 0. The number of H-pyrrole nitrogens is 1. The van der Waals surface area contributed by atoms with E-state index >= 15 is 0 Å². The number of rotatable bonds is 1. The van der Waals surface area contributed by atoms with Crippen LogP contribution >= 0.6 is 35.4 Å². The highest BCUT2D eigenvalue weighted by molar-refractivity contribution is 7.71. The van der Waals surface area contributed by atoms with Crippen molar-refractivity contribution in [3.05, 3.63) is 50.8 Å². The van der Waals surface area contributed by atoms with E-state index in [1.807, 2.05) is 19.1 Å². The van der Waals surface area contributed by atoms with Crippen molar-refractivity contribution in [2.24, 2.45) is 0 Å². The molecule has 3 aromatic rings. The quantitative estimate of drug-likeness (QED) is 0.661. The van der Waals surface area contributed by atoms with Gasteiger partial charge in [0.2, 0.25) is 0 Å². The Labute approximate surface area is 124 Å². The fourth-order valence-corrected chi connectivity index (χ4v) is 2.84. The Hall–Kier alpha value is -1.36. The van der Waals surface area contributed by atoms with E-state index in [9.17, 15) is 0 Å². The number of para-hydroxylation sites is 1. The van der Waals surface area contributed by atoms with Gasteiger partial charge in [-0.2, -0.15) is 0 Å². The van der Waals surface area contributed by atoms with Gasteiger partial charge < -0.3 is 4.98 Å². The highest BCUT2D eigenvalue weighted by Crippen LogP contribution is 2.30. The van der Waals surface area contributed by atoms with Crippen LogP contribution in [0.2, 0.25) is 10.0 Å². The monoisotopic (exact) mass is 309 g/mol. The lowest BCUT2D eigenvalue weighted by Crippen LogP contribution is -1.98. The lowest BCUT2D eigenvalue weighted by Gasteiger charge is -2.08. The number of aromatic amines is 1. The molecule has 3 rings (SSSR count). The van der Waals surface area contributed by atoms with Gasteiger partial charge in [0.15, 0.2) is 10.4 Å². The van der Waals surface area contributed by atoms with Crippen molar-refractivity contribution in [2.45, 2.75) is 6.92 Å². The van der Waals surface area contributed by atoms with Crippen molar-refractivity contribution in [3.63, 3.8) is 0 Å². The summed E-state index contributed by atoms with van der Waals surface area (Å²) in [6.45, 7) is 1.92. The van der Waals surface area contributed by atoms with Crippen LogP contribution in [0.4, 0.5) is 0 Å². The van der Waals surface area contributed by atoms with Crippen molar-refractivity contribution in [1.82, 2.24) is 14.5 Å². The summed E-state index contributed by atoms with van der Waals surface area (Å²) in [5.41, 5.74) is 3.13. The maximum atomic E-state index is 6.24. The Morgan fingerprint density at radius 3 is 2.53 bits per heavy atom. The minimum Gasteiger partial charge on any atom is -0.329 e. The molecular formula is C13H9Cl2N3S. The van der Waals surface area contributed by atoms with Crippen molar-refractivity contribution in [3.8, 4) is 5.69 Å². The summed E-state index contributed by atoms with van der Waals surface area (Å²) in [6.07, 6.45) is 0. The summed E-state index contributed by atoms with van der Waals surface area (Å²) < 4.78 is 2.28. The Kier molecular flexibility index (Phi) is 3.09. The first kappa shape index (κ1) is 12.7. The zero-order valence-corrected chi connectivity index (χ0v) is 12.3. The van der Waals surface area contributed by atoms with Crippen molar-refractivity contribution >= 4 is 46.6 Å². The van der Waals surface area contributed by atoms with Crippen LogP contribution in [0.15, 0.2) is 30.3 Å². The first-order valence-electron chi connectivity index (χ1n) is 5.60. The number of imidazole rings is 1. The molecule has 2 heterocycles. The fourth-order valence-electron chi connectivity index (χ4n) is 1.99. The average molecular weight is 310 g/mol. The average Bonchev–Trinajstić information content (AvgIpc) is 2.66. The molecule has 0 fully saturated rings. The molecule has 3 nitrogen and oxygen atoms in total. The van der Waals surface area contributed by atoms with E-state index in [1.54, 1.807) is 22.8 Å². The summed E-state index contributed by atoms with van der Waals surface area (Å²) in [5.74, 6) is 0. The van der Waals surface area contributed by atoms with Crippen LogP contribution in [0.1, 0.15) is 5.69 Å². The molecular weight excluding hydrogens is 301 g/mol. The molecule has 0 aliphatic carbocycles. The lowest BCUT2D eigenvalue weighted by molar-refractivity contribution is 1.04. The number of nitrogens with zero attached hydrogens (tertiary/aromatic N) is 2. The molecule has 0 aliphatic heterocycles. The predicted octanol–water partition coefficient (Wildman–Crippen LogP) is 4.70. The standard InChI is InChI=1S/C13H9Cl2N3S/c1-7-5-6-10-12(16-7)18(13(19)17-10)11-8(14)3-2-4-9(11)15/h2-6H,1H3,(H,17,19). The second-order valence-corrected chi connectivity index (χ2v) is 5.36. The molecule has 0 aliphatic rings. The third-order valence-electron chi connectivity index (χ3n) is 2.83. The molecule has 6 heteroatoms. The number of pyridine rings is 1. The third kappa shape index (κ3) is 2.06. The van der Waals surface area contributed by atoms with Crippen LogP contribution < -0.4 is 0 Å². The molecule has 0 atom stereocenters. The number of nitrogens with one attached hydrogen (secondary N) is 1. The molecule has 1 N–H and O–H groups in total. The molecule has 0 saturated carbocycles. The second kappa shape index (κ2) is 4.63. The molecule has 19 heavy (non-hydrogen) atoms. The normalized spacial score (nSPS) is 11.1. The van der Waals surface area contributed by atoms with Crippen molar-refractivity contribution in [2.75, 3.05) is 0 Å². The molecule has 1 aromatic carbocycles. The predicted molar refractivity (Wildman–Crippen MR) is 81.0 cm³/mol. The van der Waals surface area contributed by atoms with Crippen LogP contribution in [0.5, 0.6) is 0 Å². The van der Waals surface area contributed by atoms with Crippen molar-refractivity contribution in [1.29, 1.82) is 0 Å². The van der Waals surface area contributed by atoms with Crippen LogP contribution in [-0.2, 0) is 0 Å². The smallest absolute Gasteiger partial charge is 0.184 e. The zero-order valence-electron chi connectivity index (χ0n) is 9.95. The van der Waals surface area contributed by atoms with E-state index in [0.29, 0.717) is 20.5 Å². The number of aryl methyl sites for hydroxylation is 1. The number of hydrogen-bond donors (Lipinski definition) is 1. The van der Waals surface area contributed by atoms with E-state index in [0.717, 1.165) is 16.9 Å². The Balaban J connectivity index is 2.46. The topological polar surface area (TPSA) is 33.6 Å². The Bertz CT molecular complexity index is 815. The second-order valence-electron chi connectivity index (χ2n) is 4.16. The zero-order chi connectivity index (χ0) is 13.6. The molecule has 0 bridgehead atoms. The molecule has 0 radical (unpaired) electrons. The van der Waals surface area contributed by atoms with Gasteiger partial charge in [0.1, 0.15) is 0 Å². The lowest BCUT2D eigenvalue weighted by atomic mass is 10.3. The van der Waals surface area contributed by atoms with Gasteiger partial charge in [-0.15, -0.1) is 0 Å². The third-order valence-corrected chi connectivity index (χ3v) is 3.73. The minimum absolute atomic E-state index is 0.517. The molecule has 96 valence electrons. The van der Waals surface area contributed by atoms with E-state index in [4.69, 9.17) is 35.4 Å².